The van der Waals surface area contributed by atoms with Crippen molar-refractivity contribution in [3.05, 3.63) is 62.5 Å². The van der Waals surface area contributed by atoms with Crippen LogP contribution in [0.25, 0.3) is 0 Å². The molecule has 2 rings (SSSR count). The van der Waals surface area contributed by atoms with Gasteiger partial charge >= 0.3 is 0 Å². The predicted molar refractivity (Wildman–Crippen MR) is 94.8 cm³/mol. The zero-order valence-electron chi connectivity index (χ0n) is 12.4. The summed E-state index contributed by atoms with van der Waals surface area (Å²) in [4.78, 5) is 0. The molecular formula is C17H19Br2NO. The van der Waals surface area contributed by atoms with Crippen molar-refractivity contribution in [3.8, 4) is 5.75 Å². The van der Waals surface area contributed by atoms with E-state index in [1.165, 1.54) is 11.1 Å². The zero-order chi connectivity index (χ0) is 15.4. The van der Waals surface area contributed by atoms with Crippen LogP contribution in [0.4, 0.5) is 0 Å². The van der Waals surface area contributed by atoms with E-state index in [9.17, 15) is 0 Å². The highest BCUT2D eigenvalue weighted by Crippen LogP contribution is 2.29. The molecule has 0 saturated carbocycles. The van der Waals surface area contributed by atoms with Gasteiger partial charge in [-0.25, -0.2) is 0 Å². The molecule has 0 aliphatic rings. The van der Waals surface area contributed by atoms with E-state index in [4.69, 9.17) is 4.74 Å². The number of methoxy groups -OCH3 is 1. The maximum absolute atomic E-state index is 5.29. The number of benzene rings is 2. The highest BCUT2D eigenvalue weighted by molar-refractivity contribution is 9.11. The molecule has 2 aromatic carbocycles. The molecular weight excluding hydrogens is 394 g/mol. The zero-order valence-corrected chi connectivity index (χ0v) is 15.5. The summed E-state index contributed by atoms with van der Waals surface area (Å²) in [6, 6.07) is 14.9. The van der Waals surface area contributed by atoms with Crippen LogP contribution in [0.3, 0.4) is 0 Å². The molecule has 2 aromatic rings. The Morgan fingerprint density at radius 2 is 1.76 bits per heavy atom. The first kappa shape index (κ1) is 16.5. The van der Waals surface area contributed by atoms with Gasteiger partial charge in [0.15, 0.2) is 0 Å². The van der Waals surface area contributed by atoms with E-state index >= 15 is 0 Å². The Morgan fingerprint density at radius 3 is 2.43 bits per heavy atom. The maximum Gasteiger partial charge on any atom is 0.119 e. The van der Waals surface area contributed by atoms with Crippen molar-refractivity contribution in [3.63, 3.8) is 0 Å². The number of halogens is 2. The number of hydrogen-bond donors (Lipinski definition) is 1. The average Bonchev–Trinajstić information content (AvgIpc) is 2.47. The largest absolute Gasteiger partial charge is 0.497 e. The minimum Gasteiger partial charge on any atom is -0.497 e. The first-order valence-electron chi connectivity index (χ1n) is 6.86. The second-order valence-corrected chi connectivity index (χ2v) is 6.82. The lowest BCUT2D eigenvalue weighted by Crippen LogP contribution is -2.22. The molecule has 0 saturated heterocycles. The lowest BCUT2D eigenvalue weighted by Gasteiger charge is -2.22. The van der Waals surface area contributed by atoms with Gasteiger partial charge < -0.3 is 10.1 Å². The Labute approximate surface area is 143 Å². The Kier molecular flexibility index (Phi) is 5.85. The molecule has 1 N–H and O–H groups in total. The first-order valence-corrected chi connectivity index (χ1v) is 8.45. The fourth-order valence-corrected chi connectivity index (χ4v) is 3.71. The SMILES string of the molecule is COc1cccc([C@H](C)NC(C)c2ccc(Br)cc2Br)c1. The fourth-order valence-electron chi connectivity index (χ4n) is 2.32. The van der Waals surface area contributed by atoms with Gasteiger partial charge in [-0.05, 0) is 49.2 Å². The van der Waals surface area contributed by atoms with Gasteiger partial charge in [0, 0.05) is 21.0 Å². The van der Waals surface area contributed by atoms with E-state index in [0.29, 0.717) is 0 Å². The molecule has 0 aliphatic heterocycles. The summed E-state index contributed by atoms with van der Waals surface area (Å²) >= 11 is 7.11. The van der Waals surface area contributed by atoms with Gasteiger partial charge in [-0.15, -0.1) is 0 Å². The fraction of sp³-hybridized carbons (Fsp3) is 0.294. The van der Waals surface area contributed by atoms with Crippen molar-refractivity contribution >= 4 is 31.9 Å². The van der Waals surface area contributed by atoms with Gasteiger partial charge in [0.25, 0.3) is 0 Å². The third kappa shape index (κ3) is 4.31. The van der Waals surface area contributed by atoms with Crippen LogP contribution < -0.4 is 10.1 Å². The van der Waals surface area contributed by atoms with E-state index in [0.717, 1.165) is 14.7 Å². The molecule has 0 aromatic heterocycles. The number of nitrogens with one attached hydrogen (secondary N) is 1. The Morgan fingerprint density at radius 1 is 1.00 bits per heavy atom. The molecule has 21 heavy (non-hydrogen) atoms. The van der Waals surface area contributed by atoms with Crippen molar-refractivity contribution in [2.75, 3.05) is 7.11 Å². The minimum absolute atomic E-state index is 0.241. The van der Waals surface area contributed by atoms with Crippen LogP contribution in [0.15, 0.2) is 51.4 Å². The van der Waals surface area contributed by atoms with Crippen LogP contribution in [0.2, 0.25) is 0 Å². The summed E-state index contributed by atoms with van der Waals surface area (Å²) in [5, 5.41) is 3.62. The van der Waals surface area contributed by atoms with E-state index in [1.54, 1.807) is 7.11 Å². The molecule has 112 valence electrons. The molecule has 2 atom stereocenters. The first-order chi connectivity index (χ1) is 10.0. The summed E-state index contributed by atoms with van der Waals surface area (Å²) in [6.07, 6.45) is 0. The van der Waals surface area contributed by atoms with Gasteiger partial charge in [0.1, 0.15) is 5.75 Å². The Hall–Kier alpha value is -0.840. The summed E-state index contributed by atoms with van der Waals surface area (Å²) in [6.45, 7) is 4.34. The number of ether oxygens (including phenoxy) is 1. The summed E-state index contributed by atoms with van der Waals surface area (Å²) in [5.41, 5.74) is 2.46. The van der Waals surface area contributed by atoms with Crippen LogP contribution in [0.1, 0.15) is 37.1 Å². The molecule has 0 heterocycles. The lowest BCUT2D eigenvalue weighted by molar-refractivity contribution is 0.412. The Balaban J connectivity index is 2.12. The van der Waals surface area contributed by atoms with Crippen molar-refractivity contribution in [1.82, 2.24) is 5.32 Å². The summed E-state index contributed by atoms with van der Waals surface area (Å²) < 4.78 is 7.47. The summed E-state index contributed by atoms with van der Waals surface area (Å²) in [7, 11) is 1.69. The monoisotopic (exact) mass is 411 g/mol. The van der Waals surface area contributed by atoms with Crippen LogP contribution >= 0.6 is 31.9 Å². The molecule has 0 radical (unpaired) electrons. The Bertz CT molecular complexity index is 615. The van der Waals surface area contributed by atoms with Gasteiger partial charge in [-0.3, -0.25) is 0 Å². The highest BCUT2D eigenvalue weighted by atomic mass is 79.9. The molecule has 4 heteroatoms. The highest BCUT2D eigenvalue weighted by Gasteiger charge is 2.14. The second kappa shape index (κ2) is 7.43. The molecule has 2 nitrogen and oxygen atoms in total. The smallest absolute Gasteiger partial charge is 0.119 e. The molecule has 0 bridgehead atoms. The molecule has 0 aliphatic carbocycles. The van der Waals surface area contributed by atoms with Crippen molar-refractivity contribution in [1.29, 1.82) is 0 Å². The third-order valence-corrected chi connectivity index (χ3v) is 4.70. The van der Waals surface area contributed by atoms with Crippen molar-refractivity contribution in [2.45, 2.75) is 25.9 Å². The van der Waals surface area contributed by atoms with Crippen LogP contribution in [-0.4, -0.2) is 7.11 Å². The van der Waals surface area contributed by atoms with Crippen molar-refractivity contribution in [2.24, 2.45) is 0 Å². The molecule has 0 spiro atoms. The number of hydrogen-bond acceptors (Lipinski definition) is 2. The predicted octanol–water partition coefficient (Wildman–Crippen LogP) is 5.63. The summed E-state index contributed by atoms with van der Waals surface area (Å²) in [5.74, 6) is 0.888. The van der Waals surface area contributed by atoms with Crippen molar-refractivity contribution < 1.29 is 4.74 Å². The van der Waals surface area contributed by atoms with E-state index in [-0.39, 0.29) is 12.1 Å². The maximum atomic E-state index is 5.29. The quantitative estimate of drug-likeness (QED) is 0.686. The standard InChI is InChI=1S/C17H19Br2NO/c1-11(13-5-4-6-15(9-13)21-3)20-12(2)16-8-7-14(18)10-17(16)19/h4-12,20H,1-3H3/t11-,12?/m0/s1. The lowest BCUT2D eigenvalue weighted by atomic mass is 10.0. The third-order valence-electron chi connectivity index (χ3n) is 3.52. The van der Waals surface area contributed by atoms with Crippen LogP contribution in [-0.2, 0) is 0 Å². The topological polar surface area (TPSA) is 21.3 Å². The van der Waals surface area contributed by atoms with E-state index < -0.39 is 0 Å². The number of rotatable bonds is 5. The molecule has 0 amide bonds. The van der Waals surface area contributed by atoms with E-state index in [2.05, 4.69) is 81.4 Å². The average molecular weight is 413 g/mol. The van der Waals surface area contributed by atoms with Crippen LogP contribution in [0.5, 0.6) is 5.75 Å². The second-order valence-electron chi connectivity index (χ2n) is 5.05. The van der Waals surface area contributed by atoms with Gasteiger partial charge in [-0.2, -0.15) is 0 Å². The van der Waals surface area contributed by atoms with E-state index in [1.807, 2.05) is 12.1 Å². The minimum atomic E-state index is 0.241. The molecule has 1 unspecified atom stereocenters. The van der Waals surface area contributed by atoms with Crippen LogP contribution in [0, 0.1) is 0 Å². The van der Waals surface area contributed by atoms with Gasteiger partial charge in [0.05, 0.1) is 7.11 Å². The normalized spacial score (nSPS) is 13.8. The molecule has 0 fully saturated rings. The van der Waals surface area contributed by atoms with Gasteiger partial charge in [-0.1, -0.05) is 50.1 Å². The van der Waals surface area contributed by atoms with Gasteiger partial charge in [0.2, 0.25) is 0 Å².